The Kier molecular flexibility index (Phi) is 5.73. The first-order chi connectivity index (χ1) is 16.2. The van der Waals surface area contributed by atoms with Crippen molar-refractivity contribution < 1.29 is 14.5 Å². The van der Waals surface area contributed by atoms with E-state index in [-0.39, 0.29) is 12.1 Å². The van der Waals surface area contributed by atoms with Crippen LogP contribution in [0.2, 0.25) is 0 Å². The first-order valence-electron chi connectivity index (χ1n) is 10.6. The van der Waals surface area contributed by atoms with Crippen molar-refractivity contribution in [3.05, 3.63) is 96.5 Å². The van der Waals surface area contributed by atoms with Gasteiger partial charge in [-0.15, -0.1) is 0 Å². The van der Waals surface area contributed by atoms with Crippen LogP contribution in [-0.4, -0.2) is 46.3 Å². The van der Waals surface area contributed by atoms with E-state index in [0.717, 1.165) is 22.4 Å². The largest absolute Gasteiger partial charge is 0.399 e. The lowest BCUT2D eigenvalue weighted by atomic mass is 10.0. The van der Waals surface area contributed by atoms with Gasteiger partial charge in [-0.1, -0.05) is 53.2 Å². The second-order valence-corrected chi connectivity index (χ2v) is 7.73. The maximum atomic E-state index is 13.5. The Labute approximate surface area is 191 Å². The zero-order valence-corrected chi connectivity index (χ0v) is 18.1. The van der Waals surface area contributed by atoms with Crippen LogP contribution in [0.3, 0.4) is 0 Å². The number of amides is 1. The number of pyridine rings is 1. The summed E-state index contributed by atoms with van der Waals surface area (Å²) in [6.07, 6.45) is 5.46. The number of nitrogens with one attached hydrogen (secondary N) is 1. The van der Waals surface area contributed by atoms with Gasteiger partial charge in [0.05, 0.1) is 18.5 Å². The van der Waals surface area contributed by atoms with Crippen molar-refractivity contribution in [2.75, 3.05) is 13.7 Å². The van der Waals surface area contributed by atoms with Gasteiger partial charge in [-0.2, -0.15) is 0 Å². The van der Waals surface area contributed by atoms with Crippen molar-refractivity contribution >= 4 is 17.4 Å². The van der Waals surface area contributed by atoms with Crippen LogP contribution >= 0.6 is 0 Å². The molecule has 3 heterocycles. The molecule has 0 aliphatic carbocycles. The first kappa shape index (κ1) is 20.7. The molecule has 2 aliphatic heterocycles. The third-order valence-corrected chi connectivity index (χ3v) is 5.65. The van der Waals surface area contributed by atoms with Crippen molar-refractivity contribution in [3.8, 4) is 11.1 Å². The highest BCUT2D eigenvalue weighted by molar-refractivity contribution is 6.00. The SMILES string of the molecule is CON=C1C[C@H](N2C=C(c3ccncc3)ON2)N(C(=O)c2ccc(-c3ccccc3)cc2)C1. The Morgan fingerprint density at radius 1 is 1.03 bits per heavy atom. The molecule has 0 unspecified atom stereocenters. The number of hydrazine groups is 1. The summed E-state index contributed by atoms with van der Waals surface area (Å²) in [5, 5.41) is 5.88. The molecule has 33 heavy (non-hydrogen) atoms. The lowest BCUT2D eigenvalue weighted by Crippen LogP contribution is -2.48. The third-order valence-electron chi connectivity index (χ3n) is 5.65. The summed E-state index contributed by atoms with van der Waals surface area (Å²) in [4.78, 5) is 29.9. The molecule has 0 radical (unpaired) electrons. The summed E-state index contributed by atoms with van der Waals surface area (Å²) in [7, 11) is 1.51. The van der Waals surface area contributed by atoms with E-state index >= 15 is 0 Å². The first-order valence-corrected chi connectivity index (χ1v) is 10.6. The van der Waals surface area contributed by atoms with Gasteiger partial charge in [-0.3, -0.25) is 14.8 Å². The number of likely N-dealkylation sites (tertiary alicyclic amines) is 1. The van der Waals surface area contributed by atoms with Gasteiger partial charge in [0.25, 0.3) is 5.91 Å². The van der Waals surface area contributed by atoms with Gasteiger partial charge in [0, 0.05) is 29.9 Å². The fraction of sp³-hybridized carbons (Fsp3) is 0.160. The minimum Gasteiger partial charge on any atom is -0.399 e. The van der Waals surface area contributed by atoms with Gasteiger partial charge in [-0.25, -0.2) is 0 Å². The van der Waals surface area contributed by atoms with E-state index in [4.69, 9.17) is 9.68 Å². The average Bonchev–Trinajstić information content (AvgIpc) is 3.53. The number of aromatic nitrogens is 1. The fourth-order valence-electron chi connectivity index (χ4n) is 4.02. The van der Waals surface area contributed by atoms with Crippen molar-refractivity contribution in [2.24, 2.45) is 5.16 Å². The molecule has 3 aromatic rings. The molecule has 2 aliphatic rings. The molecular weight excluding hydrogens is 418 g/mol. The highest BCUT2D eigenvalue weighted by Crippen LogP contribution is 2.28. The minimum atomic E-state index is -0.320. The number of carbonyl (C=O) groups excluding carboxylic acids is 1. The normalized spacial score (nSPS) is 18.9. The number of nitrogens with zero attached hydrogens (tertiary/aromatic N) is 4. The molecular formula is C25H23N5O3. The topological polar surface area (TPSA) is 79.3 Å². The standard InChI is InChI=1S/C25H23N5O3/c1-32-27-22-15-24(30-17-23(33-28-30)20-11-13-26-14-12-20)29(16-22)25(31)21-9-7-19(8-10-21)18-5-3-2-4-6-18/h2-14,17,24,28H,15-16H2,1H3/t24-/m0/s1. The molecule has 1 saturated heterocycles. The van der Waals surface area contributed by atoms with Crippen LogP contribution in [0.4, 0.5) is 0 Å². The van der Waals surface area contributed by atoms with Crippen molar-refractivity contribution in [2.45, 2.75) is 12.6 Å². The summed E-state index contributed by atoms with van der Waals surface area (Å²) in [6.45, 7) is 0.369. The summed E-state index contributed by atoms with van der Waals surface area (Å²) < 4.78 is 0. The van der Waals surface area contributed by atoms with Crippen LogP contribution < -0.4 is 5.59 Å². The predicted molar refractivity (Wildman–Crippen MR) is 124 cm³/mol. The Morgan fingerprint density at radius 2 is 1.76 bits per heavy atom. The molecule has 2 aromatic carbocycles. The van der Waals surface area contributed by atoms with Crippen LogP contribution in [0, 0.1) is 0 Å². The molecule has 0 spiro atoms. The summed E-state index contributed by atoms with van der Waals surface area (Å²) in [5.41, 5.74) is 7.35. The molecule has 0 saturated carbocycles. The molecule has 8 nitrogen and oxygen atoms in total. The lowest BCUT2D eigenvalue weighted by Gasteiger charge is -2.30. The number of carbonyl (C=O) groups is 1. The maximum Gasteiger partial charge on any atom is 0.255 e. The van der Waals surface area contributed by atoms with Gasteiger partial charge >= 0.3 is 0 Å². The molecule has 8 heteroatoms. The van der Waals surface area contributed by atoms with Crippen LogP contribution in [0.25, 0.3) is 16.9 Å². The quantitative estimate of drug-likeness (QED) is 0.609. The van der Waals surface area contributed by atoms with E-state index < -0.39 is 0 Å². The van der Waals surface area contributed by atoms with E-state index in [1.165, 1.54) is 7.11 Å². The summed E-state index contributed by atoms with van der Waals surface area (Å²) >= 11 is 0. The molecule has 1 amide bonds. The van der Waals surface area contributed by atoms with E-state index in [9.17, 15) is 4.79 Å². The number of rotatable bonds is 5. The second-order valence-electron chi connectivity index (χ2n) is 7.73. The maximum absolute atomic E-state index is 13.5. The molecule has 0 bridgehead atoms. The van der Waals surface area contributed by atoms with Gasteiger partial charge < -0.3 is 14.6 Å². The number of hydrogen-bond donors (Lipinski definition) is 1. The van der Waals surface area contributed by atoms with Crippen LogP contribution in [0.5, 0.6) is 0 Å². The molecule has 5 rings (SSSR count). The molecule has 1 aromatic heterocycles. The van der Waals surface area contributed by atoms with Gasteiger partial charge in [0.15, 0.2) is 5.76 Å². The van der Waals surface area contributed by atoms with Crippen LogP contribution in [0.15, 0.2) is 90.5 Å². The van der Waals surface area contributed by atoms with E-state index in [1.807, 2.05) is 72.9 Å². The highest BCUT2D eigenvalue weighted by atomic mass is 16.7. The van der Waals surface area contributed by atoms with Gasteiger partial charge in [0.2, 0.25) is 0 Å². The van der Waals surface area contributed by atoms with Crippen molar-refractivity contribution in [1.82, 2.24) is 20.5 Å². The third kappa shape index (κ3) is 4.28. The molecule has 1 atom stereocenters. The second kappa shape index (κ2) is 9.13. The molecule has 166 valence electrons. The smallest absolute Gasteiger partial charge is 0.255 e. The zero-order valence-electron chi connectivity index (χ0n) is 18.1. The summed E-state index contributed by atoms with van der Waals surface area (Å²) in [6, 6.07) is 21.5. The number of benzene rings is 2. The van der Waals surface area contributed by atoms with E-state index in [2.05, 4.69) is 15.7 Å². The van der Waals surface area contributed by atoms with E-state index in [0.29, 0.717) is 24.3 Å². The van der Waals surface area contributed by atoms with Crippen LogP contribution in [0.1, 0.15) is 22.3 Å². The lowest BCUT2D eigenvalue weighted by molar-refractivity contribution is -0.0177. The molecule has 1 fully saturated rings. The Bertz CT molecular complexity index is 1180. The number of hydrogen-bond acceptors (Lipinski definition) is 7. The molecule has 1 N–H and O–H groups in total. The van der Waals surface area contributed by atoms with Gasteiger partial charge in [0.1, 0.15) is 13.3 Å². The van der Waals surface area contributed by atoms with E-state index in [1.54, 1.807) is 22.3 Å². The monoisotopic (exact) mass is 441 g/mol. The fourth-order valence-corrected chi connectivity index (χ4v) is 4.02. The van der Waals surface area contributed by atoms with Crippen molar-refractivity contribution in [1.29, 1.82) is 0 Å². The highest BCUT2D eigenvalue weighted by Gasteiger charge is 2.39. The predicted octanol–water partition coefficient (Wildman–Crippen LogP) is 3.67. The van der Waals surface area contributed by atoms with Crippen molar-refractivity contribution in [3.63, 3.8) is 0 Å². The Balaban J connectivity index is 1.39. The minimum absolute atomic E-state index is 0.0894. The van der Waals surface area contributed by atoms with Gasteiger partial charge in [-0.05, 0) is 35.4 Å². The zero-order chi connectivity index (χ0) is 22.6. The average molecular weight is 441 g/mol. The Hall–Kier alpha value is -4.17. The number of oxime groups is 1. The summed E-state index contributed by atoms with van der Waals surface area (Å²) in [5.74, 6) is 0.558. The van der Waals surface area contributed by atoms with Crippen LogP contribution in [-0.2, 0) is 9.68 Å². The Morgan fingerprint density at radius 3 is 2.48 bits per heavy atom.